The molecule has 0 spiro atoms. The maximum atomic E-state index is 11.7. The number of esters is 1. The highest BCUT2D eigenvalue weighted by atomic mass is 19.4. The fourth-order valence-electron chi connectivity index (χ4n) is 1.30. The maximum absolute atomic E-state index is 11.7. The first-order valence-electron chi connectivity index (χ1n) is 4.33. The molecule has 0 atom stereocenters. The Kier molecular flexibility index (Phi) is 3.36. The highest BCUT2D eigenvalue weighted by molar-refractivity contribution is 5.73. The molecule has 6 heteroatoms. The van der Waals surface area contributed by atoms with E-state index in [0.29, 0.717) is 0 Å². The molecular weight excluding hydrogens is 201 g/mol. The van der Waals surface area contributed by atoms with Gasteiger partial charge in [0.15, 0.2) is 0 Å². The zero-order valence-corrected chi connectivity index (χ0v) is 7.63. The summed E-state index contributed by atoms with van der Waals surface area (Å²) in [6, 6.07) is 0. The van der Waals surface area contributed by atoms with E-state index in [2.05, 4.69) is 9.47 Å². The van der Waals surface area contributed by atoms with Crippen molar-refractivity contribution in [3.63, 3.8) is 0 Å². The number of hydrogen-bond acceptors (Lipinski definition) is 3. The van der Waals surface area contributed by atoms with Crippen LogP contribution in [-0.2, 0) is 14.3 Å². The number of rotatable bonds is 3. The average Bonchev–Trinajstić information content (AvgIpc) is 1.94. The van der Waals surface area contributed by atoms with Crippen molar-refractivity contribution in [1.29, 1.82) is 0 Å². The molecule has 1 fully saturated rings. The fourth-order valence-corrected chi connectivity index (χ4v) is 1.30. The van der Waals surface area contributed by atoms with Crippen LogP contribution in [0.1, 0.15) is 19.8 Å². The van der Waals surface area contributed by atoms with Gasteiger partial charge in [-0.2, -0.15) is 0 Å². The summed E-state index contributed by atoms with van der Waals surface area (Å²) in [5, 5.41) is 0. The highest BCUT2D eigenvalue weighted by Crippen LogP contribution is 2.35. The van der Waals surface area contributed by atoms with Gasteiger partial charge in [0.2, 0.25) is 0 Å². The molecule has 0 N–H and O–H groups in total. The molecule has 0 bridgehead atoms. The Morgan fingerprint density at radius 3 is 2.43 bits per heavy atom. The van der Waals surface area contributed by atoms with Gasteiger partial charge in [-0.3, -0.25) is 9.53 Å². The van der Waals surface area contributed by atoms with Crippen LogP contribution in [0.5, 0.6) is 0 Å². The normalized spacial score (nSPS) is 26.9. The van der Waals surface area contributed by atoms with Crippen LogP contribution in [0.15, 0.2) is 0 Å². The second-order valence-electron chi connectivity index (χ2n) is 3.11. The first kappa shape index (κ1) is 11.3. The average molecular weight is 212 g/mol. The molecule has 82 valence electrons. The number of halogens is 3. The van der Waals surface area contributed by atoms with Crippen LogP contribution < -0.4 is 0 Å². The van der Waals surface area contributed by atoms with Crippen molar-refractivity contribution >= 4 is 5.97 Å². The Labute approximate surface area is 79.2 Å². The van der Waals surface area contributed by atoms with Gasteiger partial charge < -0.3 is 4.74 Å². The van der Waals surface area contributed by atoms with E-state index in [1.54, 1.807) is 6.92 Å². The zero-order chi connectivity index (χ0) is 10.8. The molecule has 0 aromatic heterocycles. The van der Waals surface area contributed by atoms with Crippen molar-refractivity contribution < 1.29 is 27.4 Å². The minimum absolute atomic E-state index is 0.0956. The van der Waals surface area contributed by atoms with Crippen LogP contribution in [-0.4, -0.2) is 25.0 Å². The summed E-state index contributed by atoms with van der Waals surface area (Å²) in [5.41, 5.74) is 0. The Morgan fingerprint density at radius 1 is 1.43 bits per heavy atom. The quantitative estimate of drug-likeness (QED) is 0.670. The molecule has 0 radical (unpaired) electrons. The second kappa shape index (κ2) is 4.16. The topological polar surface area (TPSA) is 35.5 Å². The molecule has 1 rings (SSSR count). The summed E-state index contributed by atoms with van der Waals surface area (Å²) >= 11 is 0. The van der Waals surface area contributed by atoms with E-state index in [4.69, 9.17) is 0 Å². The van der Waals surface area contributed by atoms with Gasteiger partial charge in [-0.25, -0.2) is 0 Å². The van der Waals surface area contributed by atoms with Gasteiger partial charge in [-0.1, -0.05) is 0 Å². The first-order chi connectivity index (χ1) is 6.42. The molecule has 1 aliphatic carbocycles. The van der Waals surface area contributed by atoms with Gasteiger partial charge in [-0.15, -0.1) is 13.2 Å². The van der Waals surface area contributed by atoms with E-state index in [-0.39, 0.29) is 19.4 Å². The third kappa shape index (κ3) is 3.17. The molecule has 3 nitrogen and oxygen atoms in total. The van der Waals surface area contributed by atoms with Gasteiger partial charge in [-0.05, 0) is 19.8 Å². The summed E-state index contributed by atoms with van der Waals surface area (Å²) in [7, 11) is 0. The fraction of sp³-hybridized carbons (Fsp3) is 0.875. The van der Waals surface area contributed by atoms with Gasteiger partial charge in [0.05, 0.1) is 18.6 Å². The lowest BCUT2D eigenvalue weighted by Gasteiger charge is -2.33. The monoisotopic (exact) mass is 212 g/mol. The van der Waals surface area contributed by atoms with E-state index >= 15 is 0 Å². The third-order valence-electron chi connectivity index (χ3n) is 2.02. The van der Waals surface area contributed by atoms with E-state index in [1.165, 1.54) is 0 Å². The van der Waals surface area contributed by atoms with Crippen LogP contribution in [0.25, 0.3) is 0 Å². The largest absolute Gasteiger partial charge is 0.522 e. The number of ether oxygens (including phenoxy) is 2. The number of carbonyl (C=O) groups excluding carboxylic acids is 1. The molecule has 0 heterocycles. The van der Waals surface area contributed by atoms with Crippen molar-refractivity contribution in [3.8, 4) is 0 Å². The van der Waals surface area contributed by atoms with Crippen LogP contribution >= 0.6 is 0 Å². The van der Waals surface area contributed by atoms with Crippen LogP contribution in [0, 0.1) is 5.92 Å². The lowest BCUT2D eigenvalue weighted by Crippen LogP contribution is -2.40. The summed E-state index contributed by atoms with van der Waals surface area (Å²) in [5.74, 6) is -0.864. The van der Waals surface area contributed by atoms with E-state index in [1.807, 2.05) is 0 Å². The molecular formula is C8H11F3O3. The standard InChI is InChI=1S/C8H11F3O3/c1-2-13-7(12)5-3-6(4-5)14-8(9,10)11/h5-6H,2-4H2,1H3/t5-,6-. The smallest absolute Gasteiger partial charge is 0.466 e. The van der Waals surface area contributed by atoms with Crippen LogP contribution in [0.2, 0.25) is 0 Å². The Balaban J connectivity index is 2.20. The maximum Gasteiger partial charge on any atom is 0.522 e. The predicted octanol–water partition coefficient (Wildman–Crippen LogP) is 1.86. The van der Waals surface area contributed by atoms with Crippen molar-refractivity contribution in [1.82, 2.24) is 0 Å². The van der Waals surface area contributed by atoms with Gasteiger partial charge in [0, 0.05) is 0 Å². The SMILES string of the molecule is CCOC(=O)[C@H]1C[C@H](OC(F)(F)F)C1. The Hall–Kier alpha value is -0.780. The molecule has 0 aromatic carbocycles. The zero-order valence-electron chi connectivity index (χ0n) is 7.63. The summed E-state index contributed by atoms with van der Waals surface area (Å²) in [6.45, 7) is 1.90. The molecule has 1 saturated carbocycles. The summed E-state index contributed by atoms with van der Waals surface area (Å²) in [4.78, 5) is 11.0. The lowest BCUT2D eigenvalue weighted by molar-refractivity contribution is -0.353. The van der Waals surface area contributed by atoms with E-state index in [0.717, 1.165) is 0 Å². The molecule has 0 unspecified atom stereocenters. The second-order valence-corrected chi connectivity index (χ2v) is 3.11. The van der Waals surface area contributed by atoms with Gasteiger partial charge >= 0.3 is 12.3 Å². The third-order valence-corrected chi connectivity index (χ3v) is 2.02. The molecule has 1 aliphatic rings. The Bertz CT molecular complexity index is 208. The molecule has 0 amide bonds. The van der Waals surface area contributed by atoms with Crippen molar-refractivity contribution in [3.05, 3.63) is 0 Å². The molecule has 14 heavy (non-hydrogen) atoms. The highest BCUT2D eigenvalue weighted by Gasteiger charge is 2.43. The number of hydrogen-bond donors (Lipinski definition) is 0. The van der Waals surface area contributed by atoms with Crippen molar-refractivity contribution in [2.24, 2.45) is 5.92 Å². The van der Waals surface area contributed by atoms with Crippen molar-refractivity contribution in [2.75, 3.05) is 6.61 Å². The van der Waals surface area contributed by atoms with Gasteiger partial charge in [0.25, 0.3) is 0 Å². The number of carbonyl (C=O) groups is 1. The predicted molar refractivity (Wildman–Crippen MR) is 40.3 cm³/mol. The first-order valence-corrected chi connectivity index (χ1v) is 4.33. The minimum Gasteiger partial charge on any atom is -0.466 e. The lowest BCUT2D eigenvalue weighted by atomic mass is 9.82. The van der Waals surface area contributed by atoms with E-state index in [9.17, 15) is 18.0 Å². The van der Waals surface area contributed by atoms with Crippen molar-refractivity contribution in [2.45, 2.75) is 32.2 Å². The van der Waals surface area contributed by atoms with Crippen LogP contribution in [0.3, 0.4) is 0 Å². The summed E-state index contributed by atoms with van der Waals surface area (Å²) < 4.78 is 43.4. The summed E-state index contributed by atoms with van der Waals surface area (Å²) in [6.07, 6.45) is -5.30. The Morgan fingerprint density at radius 2 is 2.00 bits per heavy atom. The minimum atomic E-state index is -4.61. The molecule has 0 saturated heterocycles. The molecule has 0 aromatic rings. The van der Waals surface area contributed by atoms with E-state index < -0.39 is 24.4 Å². The number of alkyl halides is 3. The van der Waals surface area contributed by atoms with Crippen LogP contribution in [0.4, 0.5) is 13.2 Å². The molecule has 0 aliphatic heterocycles. The van der Waals surface area contributed by atoms with Gasteiger partial charge in [0.1, 0.15) is 0 Å².